The van der Waals surface area contributed by atoms with Crippen molar-refractivity contribution in [1.82, 2.24) is 4.31 Å². The molecule has 4 nitrogen and oxygen atoms in total. The molecule has 0 radical (unpaired) electrons. The van der Waals surface area contributed by atoms with Crippen molar-refractivity contribution in [2.45, 2.75) is 37.5 Å². The number of hydrogen-bond acceptors (Lipinski definition) is 3. The van der Waals surface area contributed by atoms with Gasteiger partial charge in [0.05, 0.1) is 11.5 Å². The molecule has 1 aromatic rings. The van der Waals surface area contributed by atoms with Crippen LogP contribution in [0.5, 0.6) is 0 Å². The summed E-state index contributed by atoms with van der Waals surface area (Å²) in [6.45, 7) is 2.53. The second-order valence-corrected chi connectivity index (χ2v) is 7.38. The molecule has 0 saturated heterocycles. The van der Waals surface area contributed by atoms with Gasteiger partial charge in [0, 0.05) is 17.6 Å². The molecule has 0 aliphatic rings. The highest BCUT2D eigenvalue weighted by Gasteiger charge is 2.25. The quantitative estimate of drug-likeness (QED) is 0.686. The van der Waals surface area contributed by atoms with Crippen LogP contribution < -0.4 is 0 Å². The maximum absolute atomic E-state index is 12.6. The Morgan fingerprint density at radius 3 is 2.45 bits per heavy atom. The number of benzene rings is 1. The van der Waals surface area contributed by atoms with Crippen LogP contribution in [0.3, 0.4) is 0 Å². The number of halogens is 1. The van der Waals surface area contributed by atoms with Crippen LogP contribution in [-0.4, -0.2) is 37.5 Å². The van der Waals surface area contributed by atoms with Crippen molar-refractivity contribution in [3.63, 3.8) is 0 Å². The molecule has 6 heteroatoms. The second-order valence-electron chi connectivity index (χ2n) is 4.62. The van der Waals surface area contributed by atoms with Crippen molar-refractivity contribution >= 4 is 26.0 Å². The van der Waals surface area contributed by atoms with Crippen molar-refractivity contribution < 1.29 is 13.5 Å². The standard InChI is InChI=1S/C14H22BrNO3S/c1-2-3-4-7-10-16(11-12-17)20(18,19)14-9-6-5-8-13(14)15/h5-6,8-9,17H,2-4,7,10-12H2,1H3. The van der Waals surface area contributed by atoms with Crippen molar-refractivity contribution in [3.8, 4) is 0 Å². The molecule has 0 saturated carbocycles. The third-order valence-corrected chi connectivity index (χ3v) is 5.98. The van der Waals surface area contributed by atoms with Gasteiger partial charge in [-0.25, -0.2) is 8.42 Å². The van der Waals surface area contributed by atoms with Gasteiger partial charge in [0.25, 0.3) is 0 Å². The van der Waals surface area contributed by atoms with E-state index in [4.69, 9.17) is 5.11 Å². The van der Waals surface area contributed by atoms with Gasteiger partial charge in [-0.05, 0) is 34.5 Å². The second kappa shape index (κ2) is 8.77. The molecule has 0 amide bonds. The van der Waals surface area contributed by atoms with Gasteiger partial charge in [-0.2, -0.15) is 4.31 Å². The highest BCUT2D eigenvalue weighted by molar-refractivity contribution is 9.10. The Bertz CT molecular complexity index is 505. The molecule has 1 aromatic carbocycles. The first-order valence-electron chi connectivity index (χ1n) is 6.89. The minimum Gasteiger partial charge on any atom is -0.395 e. The number of hydrogen-bond donors (Lipinski definition) is 1. The Morgan fingerprint density at radius 1 is 1.15 bits per heavy atom. The third-order valence-electron chi connectivity index (χ3n) is 3.06. The van der Waals surface area contributed by atoms with Crippen LogP contribution >= 0.6 is 15.9 Å². The van der Waals surface area contributed by atoms with Crippen molar-refractivity contribution in [2.75, 3.05) is 19.7 Å². The largest absolute Gasteiger partial charge is 0.395 e. The van der Waals surface area contributed by atoms with Crippen molar-refractivity contribution in [2.24, 2.45) is 0 Å². The van der Waals surface area contributed by atoms with Gasteiger partial charge in [-0.15, -0.1) is 0 Å². The van der Waals surface area contributed by atoms with Crippen LogP contribution in [0.15, 0.2) is 33.6 Å². The lowest BCUT2D eigenvalue weighted by atomic mass is 10.2. The van der Waals surface area contributed by atoms with Crippen LogP contribution in [0.2, 0.25) is 0 Å². The predicted octanol–water partition coefficient (Wildman–Crippen LogP) is 3.01. The van der Waals surface area contributed by atoms with Gasteiger partial charge in [0.15, 0.2) is 0 Å². The van der Waals surface area contributed by atoms with Crippen LogP contribution in [0, 0.1) is 0 Å². The van der Waals surface area contributed by atoms with Crippen molar-refractivity contribution in [1.29, 1.82) is 0 Å². The van der Waals surface area contributed by atoms with Gasteiger partial charge in [-0.3, -0.25) is 0 Å². The SMILES string of the molecule is CCCCCCN(CCO)S(=O)(=O)c1ccccc1Br. The fourth-order valence-electron chi connectivity index (χ4n) is 1.97. The third kappa shape index (κ3) is 4.84. The molecule has 0 atom stereocenters. The minimum absolute atomic E-state index is 0.135. The fourth-order valence-corrected chi connectivity index (χ4v) is 4.40. The van der Waals surface area contributed by atoms with E-state index < -0.39 is 10.0 Å². The topological polar surface area (TPSA) is 57.6 Å². The maximum Gasteiger partial charge on any atom is 0.244 e. The average Bonchev–Trinajstić information content (AvgIpc) is 2.42. The van der Waals surface area contributed by atoms with Gasteiger partial charge >= 0.3 is 0 Å². The Morgan fingerprint density at radius 2 is 1.85 bits per heavy atom. The van der Waals surface area contributed by atoms with E-state index in [-0.39, 0.29) is 18.0 Å². The molecule has 0 spiro atoms. The van der Waals surface area contributed by atoms with Gasteiger partial charge < -0.3 is 5.11 Å². The van der Waals surface area contributed by atoms with E-state index >= 15 is 0 Å². The minimum atomic E-state index is -3.55. The van der Waals surface area contributed by atoms with E-state index in [1.165, 1.54) is 4.31 Å². The van der Waals surface area contributed by atoms with E-state index in [1.807, 2.05) is 0 Å². The van der Waals surface area contributed by atoms with E-state index in [9.17, 15) is 8.42 Å². The number of rotatable bonds is 9. The molecule has 0 aromatic heterocycles. The first kappa shape index (κ1) is 17.6. The highest BCUT2D eigenvalue weighted by Crippen LogP contribution is 2.24. The molecule has 0 fully saturated rings. The zero-order chi connectivity index (χ0) is 15.0. The lowest BCUT2D eigenvalue weighted by Gasteiger charge is -2.22. The number of sulfonamides is 1. The Balaban J connectivity index is 2.86. The number of aliphatic hydroxyl groups is 1. The maximum atomic E-state index is 12.6. The summed E-state index contributed by atoms with van der Waals surface area (Å²) in [7, 11) is -3.55. The average molecular weight is 364 g/mol. The molecule has 0 unspecified atom stereocenters. The zero-order valence-electron chi connectivity index (χ0n) is 11.8. The molecule has 0 heterocycles. The molecular weight excluding hydrogens is 342 g/mol. The van der Waals surface area contributed by atoms with Gasteiger partial charge in [0.1, 0.15) is 0 Å². The number of nitrogens with zero attached hydrogens (tertiary/aromatic N) is 1. The van der Waals surface area contributed by atoms with E-state index in [0.717, 1.165) is 25.7 Å². The molecule has 1 N–H and O–H groups in total. The van der Waals surface area contributed by atoms with Crippen molar-refractivity contribution in [3.05, 3.63) is 28.7 Å². The lowest BCUT2D eigenvalue weighted by Crippen LogP contribution is -2.34. The molecule has 0 aliphatic carbocycles. The van der Waals surface area contributed by atoms with E-state index in [1.54, 1.807) is 24.3 Å². The van der Waals surface area contributed by atoms with E-state index in [0.29, 0.717) is 11.0 Å². The molecule has 0 bridgehead atoms. The molecule has 114 valence electrons. The Hall–Kier alpha value is -0.430. The summed E-state index contributed by atoms with van der Waals surface area (Å²) in [6.07, 6.45) is 4.03. The summed E-state index contributed by atoms with van der Waals surface area (Å²) < 4.78 is 27.1. The van der Waals surface area contributed by atoms with Crippen LogP contribution in [0.1, 0.15) is 32.6 Å². The summed E-state index contributed by atoms with van der Waals surface area (Å²) in [5, 5.41) is 9.10. The Labute approximate surface area is 130 Å². The summed E-state index contributed by atoms with van der Waals surface area (Å²) in [6, 6.07) is 6.77. The smallest absolute Gasteiger partial charge is 0.244 e. The lowest BCUT2D eigenvalue weighted by molar-refractivity contribution is 0.251. The normalized spacial score (nSPS) is 12.0. The van der Waals surface area contributed by atoms with Gasteiger partial charge in [-0.1, -0.05) is 38.3 Å². The summed E-state index contributed by atoms with van der Waals surface area (Å²) in [4.78, 5) is 0.254. The summed E-state index contributed by atoms with van der Waals surface area (Å²) in [5.74, 6) is 0. The molecular formula is C14H22BrNO3S. The molecule has 1 rings (SSSR count). The first-order valence-corrected chi connectivity index (χ1v) is 9.13. The molecule has 20 heavy (non-hydrogen) atoms. The van der Waals surface area contributed by atoms with Crippen LogP contribution in [0.25, 0.3) is 0 Å². The predicted molar refractivity (Wildman–Crippen MR) is 84.1 cm³/mol. The first-order chi connectivity index (χ1) is 9.54. The Kier molecular flexibility index (Phi) is 7.72. The zero-order valence-corrected chi connectivity index (χ0v) is 14.2. The summed E-state index contributed by atoms with van der Waals surface area (Å²) in [5.41, 5.74) is 0. The highest BCUT2D eigenvalue weighted by atomic mass is 79.9. The number of unbranched alkanes of at least 4 members (excludes halogenated alkanes) is 3. The summed E-state index contributed by atoms with van der Waals surface area (Å²) >= 11 is 3.28. The van der Waals surface area contributed by atoms with Crippen LogP contribution in [-0.2, 0) is 10.0 Å². The van der Waals surface area contributed by atoms with Gasteiger partial charge in [0.2, 0.25) is 10.0 Å². The van der Waals surface area contributed by atoms with Crippen LogP contribution in [0.4, 0.5) is 0 Å². The number of aliphatic hydroxyl groups excluding tert-OH is 1. The monoisotopic (exact) mass is 363 g/mol. The molecule has 0 aliphatic heterocycles. The van der Waals surface area contributed by atoms with E-state index in [2.05, 4.69) is 22.9 Å². The fraction of sp³-hybridized carbons (Fsp3) is 0.571.